The van der Waals surface area contributed by atoms with E-state index < -0.39 is 41.5 Å². The predicted octanol–water partition coefficient (Wildman–Crippen LogP) is 2.93. The third-order valence-corrected chi connectivity index (χ3v) is 6.60. The molecule has 2 aromatic rings. The Bertz CT molecular complexity index is 1060. The van der Waals surface area contributed by atoms with E-state index in [0.29, 0.717) is 6.42 Å². The van der Waals surface area contributed by atoms with Crippen LogP contribution < -0.4 is 11.1 Å². The van der Waals surface area contributed by atoms with E-state index in [-0.39, 0.29) is 38.5 Å². The first kappa shape index (κ1) is 27.7. The minimum atomic E-state index is -1.13. The molecule has 35 heavy (non-hydrogen) atoms. The van der Waals surface area contributed by atoms with Gasteiger partial charge in [0.25, 0.3) is 0 Å². The third-order valence-electron chi connectivity index (χ3n) is 5.55. The van der Waals surface area contributed by atoms with Crippen molar-refractivity contribution in [3.8, 4) is 10.4 Å². The van der Waals surface area contributed by atoms with Crippen LogP contribution in [0.1, 0.15) is 49.0 Å². The molecular formula is C25H30N2O7S. The monoisotopic (exact) mass is 502 g/mol. The van der Waals surface area contributed by atoms with Crippen LogP contribution in [0.2, 0.25) is 0 Å². The van der Waals surface area contributed by atoms with Crippen LogP contribution in [0.5, 0.6) is 0 Å². The highest BCUT2D eigenvalue weighted by molar-refractivity contribution is 7.15. The average Bonchev–Trinajstić information content (AvgIpc) is 3.23. The van der Waals surface area contributed by atoms with E-state index in [1.165, 1.54) is 4.88 Å². The van der Waals surface area contributed by atoms with E-state index in [0.717, 1.165) is 16.0 Å². The van der Waals surface area contributed by atoms with Gasteiger partial charge >= 0.3 is 11.9 Å². The van der Waals surface area contributed by atoms with Crippen molar-refractivity contribution in [3.05, 3.63) is 46.8 Å². The third kappa shape index (κ3) is 9.70. The Balaban J connectivity index is 1.96. The molecule has 0 unspecified atom stereocenters. The number of carboxylic acid groups (broad SMARTS) is 2. The maximum atomic E-state index is 12.7. The van der Waals surface area contributed by atoms with Gasteiger partial charge in [-0.25, -0.2) is 0 Å². The van der Waals surface area contributed by atoms with E-state index in [9.17, 15) is 24.0 Å². The van der Waals surface area contributed by atoms with E-state index in [1.807, 2.05) is 31.2 Å². The highest BCUT2D eigenvalue weighted by atomic mass is 32.1. The lowest BCUT2D eigenvalue weighted by Gasteiger charge is -2.19. The number of hydrogen-bond donors (Lipinski definition) is 4. The fraction of sp³-hybridized carbons (Fsp3) is 0.400. The number of nitrogens with one attached hydrogen (secondary N) is 1. The number of nitrogens with two attached hydrogens (primary N) is 1. The molecule has 1 aromatic heterocycles. The molecule has 9 nitrogen and oxygen atoms in total. The summed E-state index contributed by atoms with van der Waals surface area (Å²) in [5.41, 5.74) is 7.31. The number of thiophene rings is 1. The number of hydrogen-bond acceptors (Lipinski definition) is 6. The van der Waals surface area contributed by atoms with Gasteiger partial charge in [0, 0.05) is 41.4 Å². The Kier molecular flexibility index (Phi) is 10.6. The Morgan fingerprint density at radius 3 is 2.09 bits per heavy atom. The van der Waals surface area contributed by atoms with Crippen LogP contribution >= 0.6 is 11.3 Å². The molecule has 0 fully saturated rings. The summed E-state index contributed by atoms with van der Waals surface area (Å²) in [7, 11) is 0. The van der Waals surface area contributed by atoms with Crippen molar-refractivity contribution in [2.75, 3.05) is 0 Å². The summed E-state index contributed by atoms with van der Waals surface area (Å²) < 4.78 is 0. The van der Waals surface area contributed by atoms with Gasteiger partial charge in [0.1, 0.15) is 0 Å². The first-order chi connectivity index (χ1) is 16.5. The molecule has 0 spiro atoms. The molecule has 0 saturated heterocycles. The van der Waals surface area contributed by atoms with E-state index >= 15 is 0 Å². The van der Waals surface area contributed by atoms with Crippen molar-refractivity contribution >= 4 is 40.9 Å². The highest BCUT2D eigenvalue weighted by Crippen LogP contribution is 2.27. The second-order valence-electron chi connectivity index (χ2n) is 8.36. The van der Waals surface area contributed by atoms with Crippen molar-refractivity contribution in [2.45, 2.75) is 57.9 Å². The first-order valence-corrected chi connectivity index (χ1v) is 12.1. The van der Waals surface area contributed by atoms with Crippen LogP contribution in [0.4, 0.5) is 0 Å². The van der Waals surface area contributed by atoms with Gasteiger partial charge in [-0.05, 0) is 49.4 Å². The second kappa shape index (κ2) is 13.4. The lowest BCUT2D eigenvalue weighted by Crippen LogP contribution is -2.43. The molecule has 10 heteroatoms. The molecule has 0 saturated carbocycles. The van der Waals surface area contributed by atoms with Gasteiger partial charge in [-0.15, -0.1) is 11.3 Å². The molecule has 0 bridgehead atoms. The standard InChI is InChI=1S/C25H30N2O7S/c1-15-2-10-21(35-15)17-6-3-16(4-7-17)5-11-22(29)27-19(9-13-24(32)33)20(28)14-18(25(26)34)8-12-23(30)31/h2-4,6-7,10,18-19H,5,8-9,11-14H2,1H3,(H2,26,34)(H,27,29)(H,30,31)(H,32,33)/t18-,19-/m0/s1. The van der Waals surface area contributed by atoms with Gasteiger partial charge in [0.15, 0.2) is 5.78 Å². The molecule has 1 aromatic carbocycles. The normalized spacial score (nSPS) is 12.5. The van der Waals surface area contributed by atoms with Gasteiger partial charge in [-0.2, -0.15) is 0 Å². The van der Waals surface area contributed by atoms with Gasteiger partial charge in [0.2, 0.25) is 11.8 Å². The number of amides is 2. The number of ketones is 1. The van der Waals surface area contributed by atoms with Gasteiger partial charge < -0.3 is 21.3 Å². The summed E-state index contributed by atoms with van der Waals surface area (Å²) in [6.07, 6.45) is -0.785. The van der Waals surface area contributed by atoms with Crippen molar-refractivity contribution in [3.63, 3.8) is 0 Å². The van der Waals surface area contributed by atoms with E-state index in [4.69, 9.17) is 15.9 Å². The first-order valence-electron chi connectivity index (χ1n) is 11.3. The van der Waals surface area contributed by atoms with Crippen LogP contribution in [0.3, 0.4) is 0 Å². The molecule has 188 valence electrons. The van der Waals surface area contributed by atoms with E-state index in [1.54, 1.807) is 11.3 Å². The van der Waals surface area contributed by atoms with Crippen molar-refractivity contribution < 1.29 is 34.2 Å². The predicted molar refractivity (Wildman–Crippen MR) is 131 cm³/mol. The summed E-state index contributed by atoms with van der Waals surface area (Å²) in [5.74, 6) is -5.05. The van der Waals surface area contributed by atoms with Crippen LogP contribution in [0, 0.1) is 12.8 Å². The number of carbonyl (C=O) groups excluding carboxylic acids is 3. The molecule has 2 atom stereocenters. The number of carboxylic acids is 2. The van der Waals surface area contributed by atoms with Crippen LogP contribution in [-0.2, 0) is 30.4 Å². The minimum absolute atomic E-state index is 0.0899. The zero-order valence-corrected chi connectivity index (χ0v) is 20.3. The number of carbonyl (C=O) groups is 5. The van der Waals surface area contributed by atoms with Crippen LogP contribution in [0.25, 0.3) is 10.4 Å². The smallest absolute Gasteiger partial charge is 0.303 e. The van der Waals surface area contributed by atoms with Crippen molar-refractivity contribution in [1.29, 1.82) is 0 Å². The number of aliphatic carboxylic acids is 2. The quantitative estimate of drug-likeness (QED) is 0.291. The van der Waals surface area contributed by atoms with E-state index in [2.05, 4.69) is 17.4 Å². The topological polar surface area (TPSA) is 164 Å². The number of benzene rings is 1. The maximum Gasteiger partial charge on any atom is 0.303 e. The Labute approximate surface area is 207 Å². The Hall–Kier alpha value is -3.53. The number of aryl methyl sites for hydroxylation is 2. The minimum Gasteiger partial charge on any atom is -0.481 e. The molecule has 0 aliphatic rings. The molecule has 2 rings (SSSR count). The molecule has 1 heterocycles. The Morgan fingerprint density at radius 1 is 0.914 bits per heavy atom. The van der Waals surface area contributed by atoms with Crippen LogP contribution in [0.15, 0.2) is 36.4 Å². The number of rotatable bonds is 15. The average molecular weight is 503 g/mol. The fourth-order valence-corrected chi connectivity index (χ4v) is 4.43. The zero-order chi connectivity index (χ0) is 26.0. The molecule has 0 aliphatic heterocycles. The maximum absolute atomic E-state index is 12.7. The van der Waals surface area contributed by atoms with Crippen molar-refractivity contribution in [2.24, 2.45) is 11.7 Å². The zero-order valence-electron chi connectivity index (χ0n) is 19.5. The van der Waals surface area contributed by atoms with Gasteiger partial charge in [-0.1, -0.05) is 24.3 Å². The summed E-state index contributed by atoms with van der Waals surface area (Å²) in [6.45, 7) is 2.04. The fourth-order valence-electron chi connectivity index (χ4n) is 3.56. The highest BCUT2D eigenvalue weighted by Gasteiger charge is 2.27. The lowest BCUT2D eigenvalue weighted by atomic mass is 9.92. The molecular weight excluding hydrogens is 472 g/mol. The lowest BCUT2D eigenvalue weighted by molar-refractivity contribution is -0.139. The molecule has 2 amide bonds. The Morgan fingerprint density at radius 2 is 1.54 bits per heavy atom. The second-order valence-corrected chi connectivity index (χ2v) is 9.65. The van der Waals surface area contributed by atoms with Gasteiger partial charge in [0.05, 0.1) is 6.04 Å². The van der Waals surface area contributed by atoms with Gasteiger partial charge in [-0.3, -0.25) is 24.0 Å². The SMILES string of the molecule is Cc1ccc(-c2ccc(CCC(=O)N[C@@H](CCC(=O)O)C(=O)C[C@H](CCC(=O)O)C(N)=O)cc2)s1. The number of Topliss-reactive ketones (excluding diaryl/α,β-unsaturated/α-hetero) is 1. The summed E-state index contributed by atoms with van der Waals surface area (Å²) in [4.78, 5) is 61.1. The summed E-state index contributed by atoms with van der Waals surface area (Å²) in [5, 5.41) is 20.4. The molecule has 0 radical (unpaired) electrons. The largest absolute Gasteiger partial charge is 0.481 e. The van der Waals surface area contributed by atoms with Crippen molar-refractivity contribution in [1.82, 2.24) is 5.32 Å². The number of primary amides is 1. The summed E-state index contributed by atoms with van der Waals surface area (Å²) in [6, 6.07) is 10.8. The summed E-state index contributed by atoms with van der Waals surface area (Å²) >= 11 is 1.70. The molecule has 5 N–H and O–H groups in total. The molecule has 0 aliphatic carbocycles. The van der Waals surface area contributed by atoms with Crippen LogP contribution in [-0.4, -0.2) is 45.8 Å².